The maximum Gasteiger partial charge on any atom is 0.228 e. The second kappa shape index (κ2) is 8.41. The number of hydrogen-bond acceptors (Lipinski definition) is 8. The van der Waals surface area contributed by atoms with Crippen molar-refractivity contribution >= 4 is 11.6 Å². The van der Waals surface area contributed by atoms with E-state index in [2.05, 4.69) is 22.3 Å². The number of aromatic nitrogens is 4. The second-order valence-electron chi connectivity index (χ2n) is 9.16. The van der Waals surface area contributed by atoms with E-state index in [1.807, 2.05) is 31.3 Å². The maximum absolute atomic E-state index is 5.93. The lowest BCUT2D eigenvalue weighted by Crippen LogP contribution is -2.35. The molecule has 0 saturated carbocycles. The minimum absolute atomic E-state index is 0.464. The second-order valence-corrected chi connectivity index (χ2v) is 9.16. The number of nitrogens with one attached hydrogen (secondary N) is 1. The first-order valence-electron chi connectivity index (χ1n) is 11.7. The number of benzene rings is 1. The third-order valence-electron chi connectivity index (χ3n) is 6.67. The van der Waals surface area contributed by atoms with E-state index in [-0.39, 0.29) is 0 Å². The molecule has 176 valence electrons. The van der Waals surface area contributed by atoms with Crippen molar-refractivity contribution in [3.8, 4) is 17.3 Å². The fourth-order valence-corrected chi connectivity index (χ4v) is 4.83. The quantitative estimate of drug-likeness (QED) is 0.464. The van der Waals surface area contributed by atoms with Gasteiger partial charge in [0.2, 0.25) is 11.8 Å². The first-order chi connectivity index (χ1) is 16.6. The lowest BCUT2D eigenvalue weighted by atomic mass is 9.99. The number of methoxy groups -OCH3 is 1. The van der Waals surface area contributed by atoms with Gasteiger partial charge in [0.1, 0.15) is 11.5 Å². The Labute approximate surface area is 197 Å². The number of ether oxygens (including phenoxy) is 2. The standard InChI is InChI=1S/C25H28N6O3/c1-25(9-4-12-34-25)28-24-26-14-19(23-27-22(29-31(23)24)21-5-3-11-33-21)16-30-10-8-17-6-7-20(32-2)13-18(17)15-30/h3,5-7,11,13-14H,4,8-10,12,15-16H2,1-2H3,(H,26,28). The molecular formula is C25H28N6O3. The maximum atomic E-state index is 5.93. The van der Waals surface area contributed by atoms with E-state index in [4.69, 9.17) is 29.0 Å². The van der Waals surface area contributed by atoms with Gasteiger partial charge in [0.05, 0.1) is 13.4 Å². The molecule has 5 heterocycles. The Kier molecular flexibility index (Phi) is 5.23. The normalized spacial score (nSPS) is 20.5. The summed E-state index contributed by atoms with van der Waals surface area (Å²) in [6.45, 7) is 5.32. The molecule has 0 radical (unpaired) electrons. The van der Waals surface area contributed by atoms with Gasteiger partial charge in [-0.2, -0.15) is 4.52 Å². The van der Waals surface area contributed by atoms with Crippen molar-refractivity contribution in [3.63, 3.8) is 0 Å². The van der Waals surface area contributed by atoms with Crippen molar-refractivity contribution < 1.29 is 13.9 Å². The van der Waals surface area contributed by atoms with Gasteiger partial charge in [0, 0.05) is 38.0 Å². The molecule has 0 amide bonds. The van der Waals surface area contributed by atoms with Gasteiger partial charge in [-0.3, -0.25) is 4.90 Å². The molecular weight excluding hydrogens is 432 g/mol. The molecule has 4 aromatic rings. The van der Waals surface area contributed by atoms with Crippen LogP contribution in [0, 0.1) is 0 Å². The molecule has 6 rings (SSSR count). The summed E-state index contributed by atoms with van der Waals surface area (Å²) < 4.78 is 18.7. The van der Waals surface area contributed by atoms with Crippen LogP contribution in [0.25, 0.3) is 17.2 Å². The number of nitrogens with zero attached hydrogens (tertiary/aromatic N) is 5. The van der Waals surface area contributed by atoms with Crippen molar-refractivity contribution in [2.75, 3.05) is 25.6 Å². The fourth-order valence-electron chi connectivity index (χ4n) is 4.83. The summed E-state index contributed by atoms with van der Waals surface area (Å²) in [4.78, 5) is 12.0. The van der Waals surface area contributed by atoms with Crippen molar-refractivity contribution in [2.24, 2.45) is 0 Å². The average Bonchev–Trinajstić information content (AvgIpc) is 3.61. The van der Waals surface area contributed by atoms with Gasteiger partial charge in [-0.05, 0) is 61.6 Å². The van der Waals surface area contributed by atoms with Crippen LogP contribution in [0.3, 0.4) is 0 Å². The monoisotopic (exact) mass is 460 g/mol. The topological polar surface area (TPSA) is 90.0 Å². The molecule has 0 bridgehead atoms. The van der Waals surface area contributed by atoms with Crippen LogP contribution in [0.5, 0.6) is 5.75 Å². The van der Waals surface area contributed by atoms with E-state index in [1.54, 1.807) is 17.9 Å². The Hall–Kier alpha value is -3.43. The predicted molar refractivity (Wildman–Crippen MR) is 127 cm³/mol. The highest BCUT2D eigenvalue weighted by Gasteiger charge is 2.31. The highest BCUT2D eigenvalue weighted by molar-refractivity contribution is 5.58. The predicted octanol–water partition coefficient (Wildman–Crippen LogP) is 3.89. The van der Waals surface area contributed by atoms with E-state index >= 15 is 0 Å². The molecule has 1 saturated heterocycles. The van der Waals surface area contributed by atoms with E-state index < -0.39 is 5.72 Å². The summed E-state index contributed by atoms with van der Waals surface area (Å²) in [5, 5.41) is 8.18. The minimum Gasteiger partial charge on any atom is -0.497 e. The third kappa shape index (κ3) is 3.91. The van der Waals surface area contributed by atoms with Crippen LogP contribution in [0.15, 0.2) is 47.2 Å². The number of fused-ring (bicyclic) bond motifs is 2. The molecule has 3 aromatic heterocycles. The fraction of sp³-hybridized carbons (Fsp3) is 0.400. The minimum atomic E-state index is -0.464. The molecule has 1 unspecified atom stereocenters. The van der Waals surface area contributed by atoms with Crippen LogP contribution in [-0.2, 0) is 24.2 Å². The Morgan fingerprint density at radius 3 is 2.97 bits per heavy atom. The highest BCUT2D eigenvalue weighted by Crippen LogP contribution is 2.29. The van der Waals surface area contributed by atoms with Crippen molar-refractivity contribution in [1.29, 1.82) is 0 Å². The summed E-state index contributed by atoms with van der Waals surface area (Å²) in [5.41, 5.74) is 4.00. The molecule has 1 atom stereocenters. The number of rotatable bonds is 6. The first-order valence-corrected chi connectivity index (χ1v) is 11.7. The molecule has 0 aliphatic carbocycles. The van der Waals surface area contributed by atoms with Gasteiger partial charge >= 0.3 is 0 Å². The van der Waals surface area contributed by atoms with Gasteiger partial charge in [-0.15, -0.1) is 5.10 Å². The SMILES string of the molecule is COc1ccc2c(c1)CN(Cc1cnc(NC3(C)CCCO3)n3nc(-c4ccco4)nc13)CC2. The molecule has 1 N–H and O–H groups in total. The zero-order valence-corrected chi connectivity index (χ0v) is 19.5. The Morgan fingerprint density at radius 1 is 1.24 bits per heavy atom. The summed E-state index contributed by atoms with van der Waals surface area (Å²) in [5.74, 6) is 2.67. The first kappa shape index (κ1) is 21.1. The van der Waals surface area contributed by atoms with Gasteiger partial charge < -0.3 is 19.2 Å². The van der Waals surface area contributed by atoms with Crippen LogP contribution in [0.2, 0.25) is 0 Å². The Balaban J connectivity index is 1.34. The summed E-state index contributed by atoms with van der Waals surface area (Å²) in [6.07, 6.45) is 6.46. The lowest BCUT2D eigenvalue weighted by Gasteiger charge is -2.29. The van der Waals surface area contributed by atoms with Crippen LogP contribution < -0.4 is 10.1 Å². The van der Waals surface area contributed by atoms with E-state index in [9.17, 15) is 0 Å². The molecule has 9 nitrogen and oxygen atoms in total. The van der Waals surface area contributed by atoms with Crippen LogP contribution in [-0.4, -0.2) is 50.5 Å². The summed E-state index contributed by atoms with van der Waals surface area (Å²) in [7, 11) is 1.71. The Morgan fingerprint density at radius 2 is 2.18 bits per heavy atom. The third-order valence-corrected chi connectivity index (χ3v) is 6.67. The van der Waals surface area contributed by atoms with E-state index in [0.29, 0.717) is 17.5 Å². The molecule has 34 heavy (non-hydrogen) atoms. The molecule has 1 fully saturated rings. The molecule has 9 heteroatoms. The lowest BCUT2D eigenvalue weighted by molar-refractivity contribution is 0.0437. The number of furan rings is 1. The van der Waals surface area contributed by atoms with Crippen LogP contribution in [0.4, 0.5) is 5.95 Å². The van der Waals surface area contributed by atoms with Gasteiger partial charge in [0.15, 0.2) is 11.4 Å². The zero-order valence-electron chi connectivity index (χ0n) is 19.5. The average molecular weight is 461 g/mol. The number of anilines is 1. The largest absolute Gasteiger partial charge is 0.497 e. The van der Waals surface area contributed by atoms with Gasteiger partial charge in [0.25, 0.3) is 0 Å². The zero-order chi connectivity index (χ0) is 23.1. The Bertz CT molecular complexity index is 1310. The highest BCUT2D eigenvalue weighted by atomic mass is 16.5. The van der Waals surface area contributed by atoms with E-state index in [1.165, 1.54) is 11.1 Å². The van der Waals surface area contributed by atoms with Crippen molar-refractivity contribution in [1.82, 2.24) is 24.5 Å². The molecule has 1 aromatic carbocycles. The number of hydrogen-bond donors (Lipinski definition) is 1. The van der Waals surface area contributed by atoms with E-state index in [0.717, 1.165) is 62.5 Å². The van der Waals surface area contributed by atoms with Gasteiger partial charge in [-0.25, -0.2) is 9.97 Å². The van der Waals surface area contributed by atoms with Crippen LogP contribution in [0.1, 0.15) is 36.5 Å². The van der Waals surface area contributed by atoms with Crippen LogP contribution >= 0.6 is 0 Å². The summed E-state index contributed by atoms with van der Waals surface area (Å²) >= 11 is 0. The molecule has 2 aliphatic rings. The van der Waals surface area contributed by atoms with Gasteiger partial charge in [-0.1, -0.05) is 6.07 Å². The van der Waals surface area contributed by atoms with Crippen molar-refractivity contribution in [3.05, 3.63) is 59.5 Å². The molecule has 0 spiro atoms. The summed E-state index contributed by atoms with van der Waals surface area (Å²) in [6, 6.07) is 10.1. The smallest absolute Gasteiger partial charge is 0.228 e. The van der Waals surface area contributed by atoms with Crippen molar-refractivity contribution in [2.45, 2.75) is 45.0 Å². The molecule has 2 aliphatic heterocycles.